The van der Waals surface area contributed by atoms with Crippen molar-refractivity contribution in [2.24, 2.45) is 0 Å². The summed E-state index contributed by atoms with van der Waals surface area (Å²) < 4.78 is 34.3. The van der Waals surface area contributed by atoms with E-state index in [0.717, 1.165) is 116 Å². The van der Waals surface area contributed by atoms with Crippen molar-refractivity contribution >= 4 is 5.91 Å². The van der Waals surface area contributed by atoms with Gasteiger partial charge in [-0.25, -0.2) is 0 Å². The van der Waals surface area contributed by atoms with Gasteiger partial charge in [-0.1, -0.05) is 219 Å². The third-order valence-corrected chi connectivity index (χ3v) is 16.7. The van der Waals surface area contributed by atoms with Gasteiger partial charge < -0.3 is 89.9 Å². The highest BCUT2D eigenvalue weighted by Gasteiger charge is 2.53. The molecule has 0 aliphatic carbocycles. The minimum atomic E-state index is -1.99. The van der Waals surface area contributed by atoms with Crippen molar-refractivity contribution in [3.05, 3.63) is 122 Å². The van der Waals surface area contributed by atoms with E-state index in [2.05, 4.69) is 129 Å². The van der Waals surface area contributed by atoms with Gasteiger partial charge >= 0.3 is 0 Å². The van der Waals surface area contributed by atoms with E-state index in [-0.39, 0.29) is 18.9 Å². The van der Waals surface area contributed by atoms with Gasteiger partial charge in [0.1, 0.15) is 73.2 Å². The molecule has 532 valence electrons. The Bertz CT molecular complexity index is 2160. The van der Waals surface area contributed by atoms with Gasteiger partial charge in [0.05, 0.1) is 38.6 Å². The molecular weight excluding hydrogens is 1190 g/mol. The molecule has 19 nitrogen and oxygen atoms in total. The Kier molecular flexibility index (Phi) is 48.6. The van der Waals surface area contributed by atoms with Crippen LogP contribution in [0.4, 0.5) is 0 Å². The standard InChI is InChI=1S/C74H123NO18/c1-3-5-7-9-11-13-15-17-19-21-23-24-25-26-27-28-29-30-31-32-34-36-38-40-42-44-46-48-50-52-62(80)75-57(58(79)51-49-47-45-43-41-39-37-35-33-22-20-18-16-14-12-10-8-6-4-2)56-88-72-68(86)65(83)70(60(54-77)90-72)93-74-69(87)66(84)71(61(55-78)91-74)92-73-67(85)64(82)63(81)59(53-76)89-73/h5,7,11,13,17,19,23-24,26-27,29-30,32-35,41,43,49,51,57-61,63-74,76-79,81-87H,3-4,6,8-10,12,14-16,18,20-22,25,28,31,36-40,42,44-48,50,52-56H2,1-2H3,(H,75,80)/b7-5-,13-11-,19-17-,24-23-,27-26-,30-29-,34-32-,35-33+,43-41+,51-49+. The Morgan fingerprint density at radius 2 is 0.753 bits per heavy atom. The molecule has 17 atom stereocenters. The van der Waals surface area contributed by atoms with Gasteiger partial charge in [0.15, 0.2) is 18.9 Å². The number of unbranched alkanes of at least 4 members (excludes halogenated alkanes) is 18. The zero-order chi connectivity index (χ0) is 67.5. The van der Waals surface area contributed by atoms with Gasteiger partial charge in [-0.05, 0) is 103 Å². The van der Waals surface area contributed by atoms with Gasteiger partial charge in [0.25, 0.3) is 0 Å². The maximum absolute atomic E-state index is 13.4. The van der Waals surface area contributed by atoms with E-state index in [4.69, 9.17) is 28.4 Å². The predicted molar refractivity (Wildman–Crippen MR) is 364 cm³/mol. The Hall–Kier alpha value is -3.81. The molecule has 3 aliphatic rings. The van der Waals surface area contributed by atoms with Gasteiger partial charge in [0, 0.05) is 6.42 Å². The van der Waals surface area contributed by atoms with Crippen molar-refractivity contribution in [3.8, 4) is 0 Å². The van der Waals surface area contributed by atoms with Gasteiger partial charge in [-0.15, -0.1) is 0 Å². The zero-order valence-electron chi connectivity index (χ0n) is 56.2. The largest absolute Gasteiger partial charge is 0.394 e. The Morgan fingerprint density at radius 1 is 0.398 bits per heavy atom. The summed E-state index contributed by atoms with van der Waals surface area (Å²) in [6.45, 7) is 1.56. The van der Waals surface area contributed by atoms with Crippen molar-refractivity contribution in [1.29, 1.82) is 0 Å². The zero-order valence-corrected chi connectivity index (χ0v) is 56.2. The average molecular weight is 1310 g/mol. The molecule has 0 bridgehead atoms. The van der Waals surface area contributed by atoms with Crippen LogP contribution >= 0.6 is 0 Å². The van der Waals surface area contributed by atoms with Gasteiger partial charge in [-0.3, -0.25) is 4.79 Å². The minimum absolute atomic E-state index is 0.210. The maximum Gasteiger partial charge on any atom is 0.220 e. The number of ether oxygens (including phenoxy) is 6. The molecule has 3 heterocycles. The number of carbonyl (C=O) groups excluding carboxylic acids is 1. The van der Waals surface area contributed by atoms with E-state index < -0.39 is 124 Å². The Labute approximate surface area is 557 Å². The number of allylic oxidation sites excluding steroid dienone is 19. The molecule has 1 amide bonds. The van der Waals surface area contributed by atoms with E-state index in [1.54, 1.807) is 6.08 Å². The molecule has 3 fully saturated rings. The predicted octanol–water partition coefficient (Wildman–Crippen LogP) is 9.60. The summed E-state index contributed by atoms with van der Waals surface area (Å²) in [6.07, 6.45) is 47.3. The summed E-state index contributed by atoms with van der Waals surface area (Å²) >= 11 is 0. The lowest BCUT2D eigenvalue weighted by Gasteiger charge is -2.48. The fourth-order valence-corrected chi connectivity index (χ4v) is 11.0. The van der Waals surface area contributed by atoms with Crippen molar-refractivity contribution in [3.63, 3.8) is 0 Å². The second-order valence-corrected chi connectivity index (χ2v) is 24.6. The van der Waals surface area contributed by atoms with E-state index in [9.17, 15) is 61.0 Å². The molecule has 3 aliphatic heterocycles. The second-order valence-electron chi connectivity index (χ2n) is 24.6. The molecule has 19 heteroatoms. The SMILES string of the molecule is CC/C=C\C/C=C\C/C=C\C/C=C\C/C=C\C/C=C\C/C=C\CCCCCCCCCC(=O)NC(COC1OC(CO)C(OC2OC(CO)C(OC3OC(CO)C(O)C(O)C3O)C(O)C2O)C(O)C1O)C(O)/C=C/CC/C=C/CC/C=C/CCCCCCCCCCC. The summed E-state index contributed by atoms with van der Waals surface area (Å²) in [4.78, 5) is 13.4. The highest BCUT2D eigenvalue weighted by molar-refractivity contribution is 5.76. The van der Waals surface area contributed by atoms with Crippen LogP contribution in [0, 0.1) is 0 Å². The Balaban J connectivity index is 1.45. The number of hydrogen-bond acceptors (Lipinski definition) is 18. The van der Waals surface area contributed by atoms with Crippen molar-refractivity contribution in [2.45, 2.75) is 311 Å². The average Bonchev–Trinajstić information content (AvgIpc) is 1.00. The Morgan fingerprint density at radius 3 is 1.20 bits per heavy atom. The number of amides is 1. The molecule has 3 saturated heterocycles. The highest BCUT2D eigenvalue weighted by atomic mass is 16.8. The van der Waals surface area contributed by atoms with Crippen LogP contribution in [0.3, 0.4) is 0 Å². The van der Waals surface area contributed by atoms with Crippen molar-refractivity contribution < 1.29 is 89.4 Å². The van der Waals surface area contributed by atoms with Crippen LogP contribution < -0.4 is 5.32 Å². The first-order valence-electron chi connectivity index (χ1n) is 35.3. The van der Waals surface area contributed by atoms with Crippen molar-refractivity contribution in [2.75, 3.05) is 26.4 Å². The minimum Gasteiger partial charge on any atom is -0.394 e. The fourth-order valence-electron chi connectivity index (χ4n) is 11.0. The first kappa shape index (κ1) is 83.4. The number of hydrogen-bond donors (Lipinski definition) is 12. The topological polar surface area (TPSA) is 307 Å². The number of carbonyl (C=O) groups is 1. The second kappa shape index (κ2) is 54.2. The van der Waals surface area contributed by atoms with Crippen molar-refractivity contribution in [1.82, 2.24) is 5.32 Å². The summed E-state index contributed by atoms with van der Waals surface area (Å²) in [6, 6.07) is -1.01. The maximum atomic E-state index is 13.4. The lowest BCUT2D eigenvalue weighted by atomic mass is 9.96. The monoisotopic (exact) mass is 1310 g/mol. The van der Waals surface area contributed by atoms with E-state index in [0.29, 0.717) is 12.8 Å². The van der Waals surface area contributed by atoms with E-state index >= 15 is 0 Å². The number of rotatable bonds is 52. The van der Waals surface area contributed by atoms with Crippen LogP contribution in [0.15, 0.2) is 122 Å². The van der Waals surface area contributed by atoms with Crippen LogP contribution in [0.1, 0.15) is 206 Å². The summed E-state index contributed by atoms with van der Waals surface area (Å²) in [5, 5.41) is 121. The summed E-state index contributed by atoms with van der Waals surface area (Å²) in [7, 11) is 0. The first-order chi connectivity index (χ1) is 45.3. The van der Waals surface area contributed by atoms with Gasteiger partial charge in [-0.2, -0.15) is 0 Å². The third-order valence-electron chi connectivity index (χ3n) is 16.7. The van der Waals surface area contributed by atoms with Crippen LogP contribution in [-0.2, 0) is 33.2 Å². The van der Waals surface area contributed by atoms with Crippen LogP contribution in [-0.4, -0.2) is 193 Å². The third kappa shape index (κ3) is 35.8. The van der Waals surface area contributed by atoms with Gasteiger partial charge in [0.2, 0.25) is 5.91 Å². The normalized spacial score (nSPS) is 28.3. The molecule has 93 heavy (non-hydrogen) atoms. The molecular formula is C74H123NO18. The molecule has 3 rings (SSSR count). The number of nitrogens with one attached hydrogen (secondary N) is 1. The fraction of sp³-hybridized carbons (Fsp3) is 0.716. The quantitative estimate of drug-likeness (QED) is 0.0199. The molecule has 0 aromatic rings. The van der Waals surface area contributed by atoms with E-state index in [1.807, 2.05) is 6.08 Å². The highest BCUT2D eigenvalue weighted by Crippen LogP contribution is 2.33. The molecule has 12 N–H and O–H groups in total. The molecule has 17 unspecified atom stereocenters. The summed E-state index contributed by atoms with van der Waals surface area (Å²) in [5.74, 6) is -0.306. The number of aliphatic hydroxyl groups is 11. The smallest absolute Gasteiger partial charge is 0.220 e. The number of aliphatic hydroxyl groups excluding tert-OH is 11. The summed E-state index contributed by atoms with van der Waals surface area (Å²) in [5.41, 5.74) is 0. The first-order valence-corrected chi connectivity index (χ1v) is 35.3. The molecule has 0 aromatic carbocycles. The molecule has 0 aromatic heterocycles. The lowest BCUT2D eigenvalue weighted by Crippen LogP contribution is -2.66. The molecule has 0 radical (unpaired) electrons. The van der Waals surface area contributed by atoms with E-state index in [1.165, 1.54) is 57.8 Å². The van der Waals surface area contributed by atoms with Crippen LogP contribution in [0.5, 0.6) is 0 Å². The molecule has 0 spiro atoms. The molecule has 0 saturated carbocycles. The lowest BCUT2D eigenvalue weighted by molar-refractivity contribution is -0.379. The van der Waals surface area contributed by atoms with Crippen LogP contribution in [0.2, 0.25) is 0 Å². The van der Waals surface area contributed by atoms with Crippen LogP contribution in [0.25, 0.3) is 0 Å².